The lowest BCUT2D eigenvalue weighted by Gasteiger charge is -2.03. The van der Waals surface area contributed by atoms with Gasteiger partial charge in [-0.3, -0.25) is 4.79 Å². The molecule has 0 saturated carbocycles. The average molecular weight is 214 g/mol. The Kier molecular flexibility index (Phi) is 4.21. The van der Waals surface area contributed by atoms with Gasteiger partial charge in [-0.2, -0.15) is 0 Å². The van der Waals surface area contributed by atoms with Crippen LogP contribution >= 0.6 is 0 Å². The van der Waals surface area contributed by atoms with E-state index >= 15 is 0 Å². The number of hydrogen-bond donors (Lipinski definition) is 0. The minimum absolute atomic E-state index is 0.0306. The lowest BCUT2D eigenvalue weighted by atomic mass is 10.1. The van der Waals surface area contributed by atoms with Crippen LogP contribution in [0.15, 0.2) is 18.2 Å². The molecule has 0 unspecified atom stereocenters. The van der Waals surface area contributed by atoms with E-state index in [1.165, 1.54) is 6.07 Å². The number of halogens is 2. The fourth-order valence-corrected chi connectivity index (χ4v) is 1.08. The number of carbonyl (C=O) groups excluding carboxylic acids is 1. The number of benzene rings is 1. The molecule has 0 bridgehead atoms. The van der Waals surface area contributed by atoms with Crippen molar-refractivity contribution < 1.29 is 18.3 Å². The average Bonchev–Trinajstić information content (AvgIpc) is 2.20. The first-order valence-corrected chi connectivity index (χ1v) is 4.73. The van der Waals surface area contributed by atoms with Crippen LogP contribution in [-0.4, -0.2) is 12.6 Å². The second-order valence-corrected chi connectivity index (χ2v) is 3.15. The number of ether oxygens (including phenoxy) is 1. The number of rotatable bonds is 4. The standard InChI is InChI=1S/C11H12F2O2/c1-2-5-15-11(14)7-8-3-4-9(12)10(13)6-8/h3-4,6H,2,5,7H2,1H3. The predicted octanol–water partition coefficient (Wildman–Crippen LogP) is 2.46. The molecule has 0 atom stereocenters. The molecule has 0 aromatic heterocycles. The van der Waals surface area contributed by atoms with Crippen molar-refractivity contribution in [3.8, 4) is 0 Å². The Bertz CT molecular complexity index is 350. The molecule has 0 amide bonds. The van der Waals surface area contributed by atoms with E-state index in [9.17, 15) is 13.6 Å². The van der Waals surface area contributed by atoms with Crippen molar-refractivity contribution >= 4 is 5.97 Å². The van der Waals surface area contributed by atoms with Crippen molar-refractivity contribution in [1.29, 1.82) is 0 Å². The smallest absolute Gasteiger partial charge is 0.310 e. The zero-order valence-corrected chi connectivity index (χ0v) is 8.43. The van der Waals surface area contributed by atoms with Crippen molar-refractivity contribution in [2.45, 2.75) is 19.8 Å². The van der Waals surface area contributed by atoms with E-state index in [0.29, 0.717) is 12.2 Å². The van der Waals surface area contributed by atoms with Crippen LogP contribution < -0.4 is 0 Å². The van der Waals surface area contributed by atoms with Gasteiger partial charge in [0.15, 0.2) is 11.6 Å². The summed E-state index contributed by atoms with van der Waals surface area (Å²) >= 11 is 0. The Labute approximate surface area is 86.9 Å². The summed E-state index contributed by atoms with van der Waals surface area (Å²) in [6.07, 6.45) is 0.709. The van der Waals surface area contributed by atoms with Gasteiger partial charge in [-0.15, -0.1) is 0 Å². The molecule has 0 aliphatic carbocycles. The van der Waals surface area contributed by atoms with Crippen molar-refractivity contribution in [3.63, 3.8) is 0 Å². The minimum atomic E-state index is -0.948. The lowest BCUT2D eigenvalue weighted by Crippen LogP contribution is -2.08. The van der Waals surface area contributed by atoms with Gasteiger partial charge in [0.1, 0.15) is 0 Å². The fourth-order valence-electron chi connectivity index (χ4n) is 1.08. The highest BCUT2D eigenvalue weighted by atomic mass is 19.2. The SMILES string of the molecule is CCCOC(=O)Cc1ccc(F)c(F)c1. The highest BCUT2D eigenvalue weighted by Gasteiger charge is 2.07. The molecule has 0 radical (unpaired) electrons. The third-order valence-corrected chi connectivity index (χ3v) is 1.80. The Morgan fingerprint density at radius 3 is 2.67 bits per heavy atom. The highest BCUT2D eigenvalue weighted by molar-refractivity contribution is 5.72. The minimum Gasteiger partial charge on any atom is -0.465 e. The van der Waals surface area contributed by atoms with Crippen molar-refractivity contribution in [2.24, 2.45) is 0 Å². The molecule has 0 aliphatic rings. The molecule has 0 heterocycles. The molecule has 0 fully saturated rings. The Morgan fingerprint density at radius 2 is 2.07 bits per heavy atom. The highest BCUT2D eigenvalue weighted by Crippen LogP contribution is 2.09. The van der Waals surface area contributed by atoms with Crippen LogP contribution in [0.3, 0.4) is 0 Å². The van der Waals surface area contributed by atoms with Crippen molar-refractivity contribution in [3.05, 3.63) is 35.4 Å². The number of carbonyl (C=O) groups is 1. The van der Waals surface area contributed by atoms with E-state index < -0.39 is 17.6 Å². The monoisotopic (exact) mass is 214 g/mol. The largest absolute Gasteiger partial charge is 0.465 e. The van der Waals surface area contributed by atoms with Gasteiger partial charge in [0.25, 0.3) is 0 Å². The molecule has 0 N–H and O–H groups in total. The van der Waals surface area contributed by atoms with E-state index in [2.05, 4.69) is 0 Å². The Balaban J connectivity index is 2.57. The van der Waals surface area contributed by atoms with Crippen LogP contribution in [-0.2, 0) is 16.0 Å². The van der Waals surface area contributed by atoms with Gasteiger partial charge in [0.05, 0.1) is 13.0 Å². The fraction of sp³-hybridized carbons (Fsp3) is 0.364. The van der Waals surface area contributed by atoms with Gasteiger partial charge < -0.3 is 4.74 Å². The van der Waals surface area contributed by atoms with E-state index in [1.54, 1.807) is 0 Å². The second kappa shape index (κ2) is 5.44. The van der Waals surface area contributed by atoms with Gasteiger partial charge in [-0.1, -0.05) is 13.0 Å². The second-order valence-electron chi connectivity index (χ2n) is 3.15. The third-order valence-electron chi connectivity index (χ3n) is 1.80. The van der Waals surface area contributed by atoms with E-state index in [4.69, 9.17) is 4.74 Å². The molecule has 1 aromatic carbocycles. The molecule has 2 nitrogen and oxygen atoms in total. The first kappa shape index (κ1) is 11.6. The van der Waals surface area contributed by atoms with E-state index in [-0.39, 0.29) is 6.42 Å². The molecular formula is C11H12F2O2. The van der Waals surface area contributed by atoms with Gasteiger partial charge in [-0.25, -0.2) is 8.78 Å². The summed E-state index contributed by atoms with van der Waals surface area (Å²) in [5.74, 6) is -2.29. The molecule has 0 spiro atoms. The molecule has 82 valence electrons. The normalized spacial score (nSPS) is 10.1. The third kappa shape index (κ3) is 3.65. The molecule has 0 aliphatic heterocycles. The summed E-state index contributed by atoms with van der Waals surface area (Å²) in [6.45, 7) is 2.23. The first-order valence-electron chi connectivity index (χ1n) is 4.73. The quantitative estimate of drug-likeness (QED) is 0.719. The van der Waals surface area contributed by atoms with Crippen LogP contribution in [0.4, 0.5) is 8.78 Å². The van der Waals surface area contributed by atoms with Crippen LogP contribution in [0.5, 0.6) is 0 Å². The maximum Gasteiger partial charge on any atom is 0.310 e. The van der Waals surface area contributed by atoms with Gasteiger partial charge >= 0.3 is 5.97 Å². The molecule has 0 saturated heterocycles. The molecule has 1 aromatic rings. The van der Waals surface area contributed by atoms with E-state index in [0.717, 1.165) is 18.6 Å². The summed E-state index contributed by atoms with van der Waals surface area (Å²) in [6, 6.07) is 3.37. The summed E-state index contributed by atoms with van der Waals surface area (Å²) in [4.78, 5) is 11.1. The van der Waals surface area contributed by atoms with Crippen LogP contribution in [0, 0.1) is 11.6 Å². The van der Waals surface area contributed by atoms with Crippen LogP contribution in [0.2, 0.25) is 0 Å². The zero-order chi connectivity index (χ0) is 11.3. The number of hydrogen-bond acceptors (Lipinski definition) is 2. The molecule has 1 rings (SSSR count). The Hall–Kier alpha value is -1.45. The summed E-state index contributed by atoms with van der Waals surface area (Å²) in [7, 11) is 0. The maximum atomic E-state index is 12.8. The first-order chi connectivity index (χ1) is 7.13. The summed E-state index contributed by atoms with van der Waals surface area (Å²) in [5.41, 5.74) is 0.412. The van der Waals surface area contributed by atoms with E-state index in [1.807, 2.05) is 6.92 Å². The maximum absolute atomic E-state index is 12.8. The van der Waals surface area contributed by atoms with Gasteiger partial charge in [-0.05, 0) is 24.1 Å². The number of esters is 1. The van der Waals surface area contributed by atoms with Crippen molar-refractivity contribution in [1.82, 2.24) is 0 Å². The van der Waals surface area contributed by atoms with Crippen LogP contribution in [0.1, 0.15) is 18.9 Å². The zero-order valence-electron chi connectivity index (χ0n) is 8.43. The van der Waals surface area contributed by atoms with Crippen LogP contribution in [0.25, 0.3) is 0 Å². The molecule has 15 heavy (non-hydrogen) atoms. The Morgan fingerprint density at radius 1 is 1.33 bits per heavy atom. The lowest BCUT2D eigenvalue weighted by molar-refractivity contribution is -0.142. The topological polar surface area (TPSA) is 26.3 Å². The molecule has 4 heteroatoms. The predicted molar refractivity (Wildman–Crippen MR) is 51.3 cm³/mol. The molecular weight excluding hydrogens is 202 g/mol. The van der Waals surface area contributed by atoms with Gasteiger partial charge in [0.2, 0.25) is 0 Å². The summed E-state index contributed by atoms with van der Waals surface area (Å²) in [5, 5.41) is 0. The van der Waals surface area contributed by atoms with Gasteiger partial charge in [0, 0.05) is 0 Å². The summed E-state index contributed by atoms with van der Waals surface area (Å²) < 4.78 is 30.1. The van der Waals surface area contributed by atoms with Crippen molar-refractivity contribution in [2.75, 3.05) is 6.61 Å².